The van der Waals surface area contributed by atoms with Crippen molar-refractivity contribution in [3.8, 4) is 11.5 Å². The molecule has 1 saturated carbocycles. The number of carbonyl (C=O) groups excluding carboxylic acids is 1. The lowest BCUT2D eigenvalue weighted by molar-refractivity contribution is 0.0935. The van der Waals surface area contributed by atoms with Crippen LogP contribution in [0.3, 0.4) is 0 Å². The topological polar surface area (TPSA) is 58.6 Å². The number of hydrogen-bond acceptors (Lipinski definition) is 3. The van der Waals surface area contributed by atoms with Crippen LogP contribution in [-0.2, 0) is 0 Å². The smallest absolute Gasteiger partial charge is 0.251 e. The molecule has 1 fully saturated rings. The summed E-state index contributed by atoms with van der Waals surface area (Å²) in [5, 5.41) is 12.1. The van der Waals surface area contributed by atoms with Crippen LogP contribution < -0.4 is 10.1 Å². The summed E-state index contributed by atoms with van der Waals surface area (Å²) in [4.78, 5) is 12.1. The van der Waals surface area contributed by atoms with E-state index in [1.807, 2.05) is 30.3 Å². The fourth-order valence-corrected chi connectivity index (χ4v) is 2.24. The molecule has 1 aliphatic rings. The molecule has 0 aromatic heterocycles. The molecule has 0 saturated heterocycles. The third-order valence-corrected chi connectivity index (χ3v) is 4.01. The molecule has 0 unspecified atom stereocenters. The van der Waals surface area contributed by atoms with Crippen molar-refractivity contribution < 1.29 is 14.6 Å². The van der Waals surface area contributed by atoms with Gasteiger partial charge in [-0.2, -0.15) is 0 Å². The molecule has 1 amide bonds. The first-order chi connectivity index (χ1) is 10.7. The summed E-state index contributed by atoms with van der Waals surface area (Å²) in [6, 6.07) is 16.5. The number of amides is 1. The monoisotopic (exact) mass is 297 g/mol. The fourth-order valence-electron chi connectivity index (χ4n) is 2.24. The Morgan fingerprint density at radius 3 is 2.27 bits per heavy atom. The van der Waals surface area contributed by atoms with Crippen LogP contribution in [0.1, 0.15) is 23.2 Å². The Bertz CT molecular complexity index is 633. The first kappa shape index (κ1) is 14.6. The Balaban J connectivity index is 1.58. The number of ether oxygens (including phenoxy) is 1. The van der Waals surface area contributed by atoms with Crippen LogP contribution in [0.5, 0.6) is 11.5 Å². The fraction of sp³-hybridized carbons (Fsp3) is 0.278. The quantitative estimate of drug-likeness (QED) is 0.862. The van der Waals surface area contributed by atoms with Gasteiger partial charge in [0.2, 0.25) is 0 Å². The van der Waals surface area contributed by atoms with Crippen LogP contribution in [0.15, 0.2) is 54.6 Å². The van der Waals surface area contributed by atoms with Crippen molar-refractivity contribution in [2.45, 2.75) is 12.8 Å². The highest BCUT2D eigenvalue weighted by Crippen LogP contribution is 2.44. The van der Waals surface area contributed by atoms with Crippen molar-refractivity contribution in [2.24, 2.45) is 5.41 Å². The van der Waals surface area contributed by atoms with E-state index in [2.05, 4.69) is 5.32 Å². The summed E-state index contributed by atoms with van der Waals surface area (Å²) in [6.45, 7) is 0.668. The van der Waals surface area contributed by atoms with Gasteiger partial charge in [-0.05, 0) is 49.2 Å². The van der Waals surface area contributed by atoms with E-state index in [1.54, 1.807) is 24.3 Å². The number of hydrogen-bond donors (Lipinski definition) is 2. The highest BCUT2D eigenvalue weighted by Gasteiger charge is 2.42. The minimum atomic E-state index is -0.119. The summed E-state index contributed by atoms with van der Waals surface area (Å²) in [6.07, 6.45) is 1.96. The number of aliphatic hydroxyl groups is 1. The van der Waals surface area contributed by atoms with Gasteiger partial charge in [0.25, 0.3) is 5.91 Å². The molecule has 1 aliphatic carbocycles. The Morgan fingerprint density at radius 2 is 1.68 bits per heavy atom. The van der Waals surface area contributed by atoms with Gasteiger partial charge in [-0.1, -0.05) is 18.2 Å². The highest BCUT2D eigenvalue weighted by molar-refractivity contribution is 5.94. The lowest BCUT2D eigenvalue weighted by Gasteiger charge is -2.13. The number of rotatable bonds is 6. The van der Waals surface area contributed by atoms with E-state index in [0.717, 1.165) is 18.6 Å². The van der Waals surface area contributed by atoms with Gasteiger partial charge in [0, 0.05) is 17.5 Å². The van der Waals surface area contributed by atoms with Crippen molar-refractivity contribution >= 4 is 5.91 Å². The van der Waals surface area contributed by atoms with Crippen molar-refractivity contribution in [1.82, 2.24) is 5.32 Å². The second kappa shape index (κ2) is 6.20. The van der Waals surface area contributed by atoms with E-state index in [1.165, 1.54) is 0 Å². The zero-order valence-electron chi connectivity index (χ0n) is 12.3. The van der Waals surface area contributed by atoms with Gasteiger partial charge in [0.1, 0.15) is 11.5 Å². The normalized spacial score (nSPS) is 15.1. The average molecular weight is 297 g/mol. The van der Waals surface area contributed by atoms with E-state index >= 15 is 0 Å². The summed E-state index contributed by atoms with van der Waals surface area (Å²) < 4.78 is 5.69. The highest BCUT2D eigenvalue weighted by atomic mass is 16.5. The molecule has 4 heteroatoms. The van der Waals surface area contributed by atoms with Gasteiger partial charge in [0.05, 0.1) is 6.61 Å². The molecule has 0 bridgehead atoms. The van der Waals surface area contributed by atoms with E-state index in [0.29, 0.717) is 17.9 Å². The Morgan fingerprint density at radius 1 is 1.05 bits per heavy atom. The average Bonchev–Trinajstić information content (AvgIpc) is 3.35. The molecule has 0 atom stereocenters. The lowest BCUT2D eigenvalue weighted by atomic mass is 10.1. The predicted molar refractivity (Wildman–Crippen MR) is 84.0 cm³/mol. The number of carbonyl (C=O) groups is 1. The van der Waals surface area contributed by atoms with Gasteiger partial charge >= 0.3 is 0 Å². The zero-order valence-corrected chi connectivity index (χ0v) is 12.3. The molecular formula is C18H19NO3. The molecule has 4 nitrogen and oxygen atoms in total. The van der Waals surface area contributed by atoms with Gasteiger partial charge in [-0.3, -0.25) is 4.79 Å². The summed E-state index contributed by atoms with van der Waals surface area (Å²) in [7, 11) is 0. The van der Waals surface area contributed by atoms with Gasteiger partial charge in [-0.25, -0.2) is 0 Å². The largest absolute Gasteiger partial charge is 0.457 e. The number of benzene rings is 2. The van der Waals surface area contributed by atoms with Crippen LogP contribution in [-0.4, -0.2) is 24.2 Å². The van der Waals surface area contributed by atoms with Crippen molar-refractivity contribution in [3.05, 3.63) is 60.2 Å². The Labute approximate surface area is 129 Å². The summed E-state index contributed by atoms with van der Waals surface area (Å²) in [5.41, 5.74) is 0.514. The second-order valence-corrected chi connectivity index (χ2v) is 5.78. The van der Waals surface area contributed by atoms with E-state index in [9.17, 15) is 9.90 Å². The Kier molecular flexibility index (Phi) is 4.11. The van der Waals surface area contributed by atoms with Crippen LogP contribution >= 0.6 is 0 Å². The molecule has 2 N–H and O–H groups in total. The number of nitrogens with one attached hydrogen (secondary N) is 1. The molecule has 3 rings (SSSR count). The maximum absolute atomic E-state index is 12.1. The number of para-hydroxylation sites is 1. The Hall–Kier alpha value is -2.33. The van der Waals surface area contributed by atoms with Crippen LogP contribution in [0.2, 0.25) is 0 Å². The summed E-state index contributed by atoms with van der Waals surface area (Å²) in [5.74, 6) is 1.33. The predicted octanol–water partition coefficient (Wildman–Crippen LogP) is 2.98. The standard InChI is InChI=1S/C18H19NO3/c20-13-18(10-11-18)12-19-17(21)14-6-8-16(9-7-14)22-15-4-2-1-3-5-15/h1-9,20H,10-13H2,(H,19,21). The molecule has 0 heterocycles. The van der Waals surface area contributed by atoms with Crippen LogP contribution in [0.25, 0.3) is 0 Å². The molecule has 2 aromatic rings. The van der Waals surface area contributed by atoms with E-state index in [4.69, 9.17) is 4.74 Å². The van der Waals surface area contributed by atoms with Crippen molar-refractivity contribution in [3.63, 3.8) is 0 Å². The third-order valence-electron chi connectivity index (χ3n) is 4.01. The minimum Gasteiger partial charge on any atom is -0.457 e. The molecule has 2 aromatic carbocycles. The van der Waals surface area contributed by atoms with E-state index in [-0.39, 0.29) is 17.9 Å². The van der Waals surface area contributed by atoms with Crippen molar-refractivity contribution in [1.29, 1.82) is 0 Å². The maximum Gasteiger partial charge on any atom is 0.251 e. The number of aliphatic hydroxyl groups excluding tert-OH is 1. The zero-order chi connectivity index (χ0) is 15.4. The van der Waals surface area contributed by atoms with Crippen molar-refractivity contribution in [2.75, 3.05) is 13.2 Å². The van der Waals surface area contributed by atoms with Gasteiger partial charge < -0.3 is 15.2 Å². The first-order valence-corrected chi connectivity index (χ1v) is 7.43. The molecule has 0 spiro atoms. The SMILES string of the molecule is O=C(NCC1(CO)CC1)c1ccc(Oc2ccccc2)cc1. The second-order valence-electron chi connectivity index (χ2n) is 5.78. The van der Waals surface area contributed by atoms with Gasteiger partial charge in [-0.15, -0.1) is 0 Å². The van der Waals surface area contributed by atoms with E-state index < -0.39 is 0 Å². The first-order valence-electron chi connectivity index (χ1n) is 7.43. The van der Waals surface area contributed by atoms with Crippen LogP contribution in [0.4, 0.5) is 0 Å². The molecule has 0 aliphatic heterocycles. The molecule has 0 radical (unpaired) electrons. The maximum atomic E-state index is 12.1. The molecular weight excluding hydrogens is 278 g/mol. The molecule has 114 valence electrons. The lowest BCUT2D eigenvalue weighted by Crippen LogP contribution is -2.31. The third kappa shape index (κ3) is 3.46. The molecule has 22 heavy (non-hydrogen) atoms. The van der Waals surface area contributed by atoms with Crippen LogP contribution in [0, 0.1) is 5.41 Å². The van der Waals surface area contributed by atoms with Gasteiger partial charge in [0.15, 0.2) is 0 Å². The minimum absolute atomic E-state index is 0.0774. The summed E-state index contributed by atoms with van der Waals surface area (Å²) >= 11 is 0.